The minimum absolute atomic E-state index is 0.0687. The van der Waals surface area contributed by atoms with Crippen molar-refractivity contribution >= 4 is 29.1 Å². The maximum Gasteiger partial charge on any atom is 0.256 e. The zero-order chi connectivity index (χ0) is 19.6. The van der Waals surface area contributed by atoms with Crippen LogP contribution in [0, 0.1) is 6.92 Å². The second-order valence-corrected chi connectivity index (χ2v) is 7.37. The highest BCUT2D eigenvalue weighted by molar-refractivity contribution is 6.33. The first-order chi connectivity index (χ1) is 12.8. The minimum atomic E-state index is -0.179. The molecule has 5 nitrogen and oxygen atoms in total. The lowest BCUT2D eigenvalue weighted by molar-refractivity contribution is 0.0667. The minimum Gasteiger partial charge on any atom is -0.337 e. The molecule has 27 heavy (non-hydrogen) atoms. The molecule has 0 N–H and O–H groups in total. The maximum absolute atomic E-state index is 13.0. The maximum atomic E-state index is 13.0. The molecule has 0 aliphatic carbocycles. The van der Waals surface area contributed by atoms with Crippen molar-refractivity contribution < 1.29 is 9.32 Å². The molecule has 0 saturated carbocycles. The third-order valence-electron chi connectivity index (χ3n) is 4.12. The summed E-state index contributed by atoms with van der Waals surface area (Å²) in [6, 6.07) is 12.5. The number of carbonyl (C=O) groups is 1. The first kappa shape index (κ1) is 19.4. The summed E-state index contributed by atoms with van der Waals surface area (Å²) in [4.78, 5) is 19.0. The van der Waals surface area contributed by atoms with Crippen molar-refractivity contribution in [3.8, 4) is 11.4 Å². The largest absolute Gasteiger partial charge is 0.337 e. The highest BCUT2D eigenvalue weighted by atomic mass is 35.5. The number of benzene rings is 2. The van der Waals surface area contributed by atoms with Crippen LogP contribution >= 0.6 is 23.2 Å². The van der Waals surface area contributed by atoms with Crippen LogP contribution in [0.1, 0.15) is 35.7 Å². The predicted octanol–water partition coefficient (Wildman–Crippen LogP) is 5.40. The van der Waals surface area contributed by atoms with Gasteiger partial charge in [0.05, 0.1) is 10.6 Å². The number of hydrogen-bond acceptors (Lipinski definition) is 4. The summed E-state index contributed by atoms with van der Waals surface area (Å²) >= 11 is 12.2. The number of carbonyl (C=O) groups excluding carboxylic acids is 1. The van der Waals surface area contributed by atoms with Gasteiger partial charge >= 0.3 is 0 Å². The lowest BCUT2D eigenvalue weighted by Gasteiger charge is -2.25. The van der Waals surface area contributed by atoms with E-state index in [1.54, 1.807) is 29.2 Å². The second kappa shape index (κ2) is 8.11. The van der Waals surface area contributed by atoms with Gasteiger partial charge in [0, 0.05) is 16.6 Å². The summed E-state index contributed by atoms with van der Waals surface area (Å²) < 4.78 is 5.34. The summed E-state index contributed by atoms with van der Waals surface area (Å²) in [5.41, 5.74) is 2.24. The summed E-state index contributed by atoms with van der Waals surface area (Å²) in [7, 11) is 0. The van der Waals surface area contributed by atoms with Gasteiger partial charge in [-0.25, -0.2) is 0 Å². The molecule has 7 heteroatoms. The Morgan fingerprint density at radius 3 is 2.48 bits per heavy atom. The Morgan fingerprint density at radius 1 is 1.15 bits per heavy atom. The van der Waals surface area contributed by atoms with Gasteiger partial charge in [0.1, 0.15) is 6.54 Å². The zero-order valence-electron chi connectivity index (χ0n) is 15.2. The summed E-state index contributed by atoms with van der Waals surface area (Å²) in [5.74, 6) is 0.623. The highest BCUT2D eigenvalue weighted by Gasteiger charge is 2.23. The molecule has 3 rings (SSSR count). The van der Waals surface area contributed by atoms with Gasteiger partial charge < -0.3 is 9.42 Å². The third-order valence-corrected chi connectivity index (χ3v) is 4.68. The van der Waals surface area contributed by atoms with Crippen LogP contribution in [0.4, 0.5) is 0 Å². The van der Waals surface area contributed by atoms with Crippen LogP contribution in [0.2, 0.25) is 10.0 Å². The number of aryl methyl sites for hydroxylation is 1. The molecular formula is C20H19Cl2N3O2. The van der Waals surface area contributed by atoms with Gasteiger partial charge in [-0.2, -0.15) is 4.98 Å². The molecule has 1 heterocycles. The van der Waals surface area contributed by atoms with E-state index < -0.39 is 0 Å². The van der Waals surface area contributed by atoms with E-state index in [0.29, 0.717) is 27.3 Å². The number of amides is 1. The molecule has 3 aromatic rings. The first-order valence-electron chi connectivity index (χ1n) is 8.51. The molecule has 0 unspecified atom stereocenters. The van der Waals surface area contributed by atoms with Crippen molar-refractivity contribution in [1.82, 2.24) is 15.0 Å². The van der Waals surface area contributed by atoms with Crippen molar-refractivity contribution in [3.63, 3.8) is 0 Å². The molecule has 0 bridgehead atoms. The lowest BCUT2D eigenvalue weighted by Crippen LogP contribution is -2.36. The van der Waals surface area contributed by atoms with Crippen LogP contribution in [0.5, 0.6) is 0 Å². The predicted molar refractivity (Wildman–Crippen MR) is 106 cm³/mol. The molecule has 0 radical (unpaired) electrons. The van der Waals surface area contributed by atoms with E-state index in [1.807, 2.05) is 39.0 Å². The van der Waals surface area contributed by atoms with Gasteiger partial charge in [-0.3, -0.25) is 4.79 Å². The average Bonchev–Trinajstić information content (AvgIpc) is 3.08. The van der Waals surface area contributed by atoms with E-state index >= 15 is 0 Å². The van der Waals surface area contributed by atoms with Crippen LogP contribution in [0.15, 0.2) is 47.0 Å². The van der Waals surface area contributed by atoms with Gasteiger partial charge in [-0.15, -0.1) is 0 Å². The summed E-state index contributed by atoms with van der Waals surface area (Å²) in [6.45, 7) is 5.98. The third kappa shape index (κ3) is 4.49. The van der Waals surface area contributed by atoms with Gasteiger partial charge in [0.25, 0.3) is 5.91 Å². The second-order valence-electron chi connectivity index (χ2n) is 6.53. The number of halogens is 2. The lowest BCUT2D eigenvalue weighted by atomic mass is 10.1. The smallest absolute Gasteiger partial charge is 0.256 e. The van der Waals surface area contributed by atoms with E-state index in [4.69, 9.17) is 27.7 Å². The van der Waals surface area contributed by atoms with Crippen LogP contribution in [0.3, 0.4) is 0 Å². The molecule has 0 aliphatic heterocycles. The fraction of sp³-hybridized carbons (Fsp3) is 0.250. The Kier molecular flexibility index (Phi) is 5.82. The molecule has 0 fully saturated rings. The first-order valence-corrected chi connectivity index (χ1v) is 9.26. The molecule has 1 amide bonds. The standard InChI is InChI=1S/C20H19Cl2N3O2/c1-12(2)25(20(26)16-9-4-13(3)10-17(16)22)11-18-23-19(24-27-18)14-5-7-15(21)8-6-14/h4-10,12H,11H2,1-3H3. The Hall–Kier alpha value is -2.37. The number of hydrogen-bond donors (Lipinski definition) is 0. The molecular weight excluding hydrogens is 385 g/mol. The van der Waals surface area contributed by atoms with Gasteiger partial charge in [0.2, 0.25) is 11.7 Å². The van der Waals surface area contributed by atoms with E-state index in [-0.39, 0.29) is 18.5 Å². The molecule has 0 aliphatic rings. The Labute approximate surface area is 167 Å². The highest BCUT2D eigenvalue weighted by Crippen LogP contribution is 2.23. The van der Waals surface area contributed by atoms with Gasteiger partial charge in [-0.05, 0) is 62.7 Å². The average molecular weight is 404 g/mol. The van der Waals surface area contributed by atoms with Crippen LogP contribution < -0.4 is 0 Å². The van der Waals surface area contributed by atoms with E-state index in [0.717, 1.165) is 11.1 Å². The van der Waals surface area contributed by atoms with Crippen LogP contribution in [-0.2, 0) is 6.54 Å². The van der Waals surface area contributed by atoms with E-state index in [2.05, 4.69) is 10.1 Å². The molecule has 0 saturated heterocycles. The van der Waals surface area contributed by atoms with Gasteiger partial charge in [0.15, 0.2) is 0 Å². The number of aromatic nitrogens is 2. The SMILES string of the molecule is Cc1ccc(C(=O)N(Cc2nc(-c3ccc(Cl)cc3)no2)C(C)C)c(Cl)c1. The van der Waals surface area contributed by atoms with Gasteiger partial charge in [-0.1, -0.05) is 34.4 Å². The van der Waals surface area contributed by atoms with E-state index in [1.165, 1.54) is 0 Å². The monoisotopic (exact) mass is 403 g/mol. The van der Waals surface area contributed by atoms with Crippen molar-refractivity contribution in [2.24, 2.45) is 0 Å². The Balaban J connectivity index is 1.82. The van der Waals surface area contributed by atoms with Crippen molar-refractivity contribution in [2.45, 2.75) is 33.4 Å². The molecule has 140 valence electrons. The summed E-state index contributed by atoms with van der Waals surface area (Å²) in [6.07, 6.45) is 0. The topological polar surface area (TPSA) is 59.2 Å². The Morgan fingerprint density at radius 2 is 1.85 bits per heavy atom. The Bertz CT molecular complexity index is 952. The van der Waals surface area contributed by atoms with Crippen LogP contribution in [-0.4, -0.2) is 27.0 Å². The van der Waals surface area contributed by atoms with Crippen molar-refractivity contribution in [2.75, 3.05) is 0 Å². The summed E-state index contributed by atoms with van der Waals surface area (Å²) in [5, 5.41) is 5.06. The fourth-order valence-corrected chi connectivity index (χ4v) is 3.06. The molecule has 2 aromatic carbocycles. The van der Waals surface area contributed by atoms with Crippen molar-refractivity contribution in [3.05, 3.63) is 69.5 Å². The van der Waals surface area contributed by atoms with E-state index in [9.17, 15) is 4.79 Å². The number of nitrogens with zero attached hydrogens (tertiary/aromatic N) is 3. The molecule has 0 atom stereocenters. The fourth-order valence-electron chi connectivity index (χ4n) is 2.62. The molecule has 1 aromatic heterocycles. The normalized spacial score (nSPS) is 11.0. The number of rotatable bonds is 5. The van der Waals surface area contributed by atoms with Crippen molar-refractivity contribution in [1.29, 1.82) is 0 Å². The van der Waals surface area contributed by atoms with Crippen LogP contribution in [0.25, 0.3) is 11.4 Å². The zero-order valence-corrected chi connectivity index (χ0v) is 16.8. The quantitative estimate of drug-likeness (QED) is 0.571. The molecule has 0 spiro atoms.